The number of aromatic nitrogens is 2. The molecule has 1 spiro atoms. The predicted octanol–water partition coefficient (Wildman–Crippen LogP) is 1.15. The van der Waals surface area contributed by atoms with Crippen LogP contribution in [0.5, 0.6) is 0 Å². The van der Waals surface area contributed by atoms with Crippen molar-refractivity contribution in [3.05, 3.63) is 18.7 Å². The second kappa shape index (κ2) is 3.42. The summed E-state index contributed by atoms with van der Waals surface area (Å²) in [6.45, 7) is 5.01. The molecule has 0 aromatic carbocycles. The van der Waals surface area contributed by atoms with Gasteiger partial charge in [-0.15, -0.1) is 0 Å². The molecular formula is C13H18N4. The molecule has 3 aliphatic rings. The van der Waals surface area contributed by atoms with E-state index in [0.29, 0.717) is 5.54 Å². The molecule has 4 rings (SSSR count). The minimum absolute atomic E-state index is 0.485. The van der Waals surface area contributed by atoms with Crippen molar-refractivity contribution in [1.29, 1.82) is 0 Å². The van der Waals surface area contributed by atoms with E-state index in [0.717, 1.165) is 12.5 Å². The van der Waals surface area contributed by atoms with E-state index in [2.05, 4.69) is 19.8 Å². The first-order valence-corrected chi connectivity index (χ1v) is 6.61. The largest absolute Gasteiger partial charge is 0.367 e. The summed E-state index contributed by atoms with van der Waals surface area (Å²) in [7, 11) is 0. The SMILES string of the molecule is c1ncc(N2CCC3(C[C@H]4CCN3C4)C2)cn1. The highest BCUT2D eigenvalue weighted by molar-refractivity contribution is 5.44. The molecule has 0 saturated carbocycles. The number of hydrogen-bond donors (Lipinski definition) is 0. The maximum Gasteiger partial charge on any atom is 0.115 e. The van der Waals surface area contributed by atoms with Crippen molar-refractivity contribution in [1.82, 2.24) is 14.9 Å². The smallest absolute Gasteiger partial charge is 0.115 e. The molecule has 2 bridgehead atoms. The fraction of sp³-hybridized carbons (Fsp3) is 0.692. The Hall–Kier alpha value is -1.16. The molecular weight excluding hydrogens is 212 g/mol. The van der Waals surface area contributed by atoms with Crippen LogP contribution in [0.25, 0.3) is 0 Å². The minimum Gasteiger partial charge on any atom is -0.367 e. The van der Waals surface area contributed by atoms with Gasteiger partial charge in [-0.3, -0.25) is 4.90 Å². The van der Waals surface area contributed by atoms with E-state index in [1.54, 1.807) is 6.33 Å². The maximum absolute atomic E-state index is 4.13. The summed E-state index contributed by atoms with van der Waals surface area (Å²) in [4.78, 5) is 13.4. The van der Waals surface area contributed by atoms with Crippen molar-refractivity contribution in [3.8, 4) is 0 Å². The van der Waals surface area contributed by atoms with E-state index in [1.807, 2.05) is 12.4 Å². The topological polar surface area (TPSA) is 32.3 Å². The Morgan fingerprint density at radius 2 is 2.12 bits per heavy atom. The molecule has 4 heteroatoms. The Balaban J connectivity index is 1.57. The first kappa shape index (κ1) is 9.83. The molecule has 0 amide bonds. The van der Waals surface area contributed by atoms with Crippen LogP contribution >= 0.6 is 0 Å². The maximum atomic E-state index is 4.13. The summed E-state index contributed by atoms with van der Waals surface area (Å²) in [5.74, 6) is 0.974. The molecule has 4 heterocycles. The second-order valence-corrected chi connectivity index (χ2v) is 5.80. The van der Waals surface area contributed by atoms with Crippen molar-refractivity contribution in [2.75, 3.05) is 31.1 Å². The third kappa shape index (κ3) is 1.40. The molecule has 3 aliphatic heterocycles. The van der Waals surface area contributed by atoms with Crippen LogP contribution < -0.4 is 4.90 Å². The van der Waals surface area contributed by atoms with Gasteiger partial charge < -0.3 is 4.90 Å². The molecule has 2 unspecified atom stereocenters. The Morgan fingerprint density at radius 3 is 2.82 bits per heavy atom. The Labute approximate surface area is 102 Å². The molecule has 1 aromatic rings. The molecule has 1 aromatic heterocycles. The highest BCUT2D eigenvalue weighted by Gasteiger charge is 2.52. The van der Waals surface area contributed by atoms with E-state index in [1.165, 1.54) is 44.6 Å². The molecule has 17 heavy (non-hydrogen) atoms. The fourth-order valence-electron chi connectivity index (χ4n) is 4.05. The van der Waals surface area contributed by atoms with E-state index >= 15 is 0 Å². The van der Waals surface area contributed by atoms with Crippen LogP contribution in [-0.4, -0.2) is 46.6 Å². The average molecular weight is 230 g/mol. The van der Waals surface area contributed by atoms with Gasteiger partial charge in [-0.05, 0) is 31.7 Å². The van der Waals surface area contributed by atoms with Crippen LogP contribution in [0.1, 0.15) is 19.3 Å². The number of rotatable bonds is 1. The van der Waals surface area contributed by atoms with Gasteiger partial charge in [0.25, 0.3) is 0 Å². The molecule has 3 atom stereocenters. The summed E-state index contributed by atoms with van der Waals surface area (Å²) in [6.07, 6.45) is 9.64. The van der Waals surface area contributed by atoms with Crippen molar-refractivity contribution in [2.45, 2.75) is 24.8 Å². The van der Waals surface area contributed by atoms with Crippen molar-refractivity contribution in [3.63, 3.8) is 0 Å². The van der Waals surface area contributed by atoms with Gasteiger partial charge in [-0.2, -0.15) is 0 Å². The summed E-state index contributed by atoms with van der Waals surface area (Å²) >= 11 is 0. The van der Waals surface area contributed by atoms with Crippen LogP contribution in [0, 0.1) is 5.92 Å². The number of anilines is 1. The number of fused-ring (bicyclic) bond motifs is 3. The Morgan fingerprint density at radius 1 is 1.24 bits per heavy atom. The van der Waals surface area contributed by atoms with Crippen LogP contribution in [0.3, 0.4) is 0 Å². The quantitative estimate of drug-likeness (QED) is 0.724. The third-order valence-electron chi connectivity index (χ3n) is 4.87. The van der Waals surface area contributed by atoms with Gasteiger partial charge in [0, 0.05) is 25.2 Å². The van der Waals surface area contributed by atoms with E-state index in [-0.39, 0.29) is 0 Å². The zero-order valence-electron chi connectivity index (χ0n) is 10.0. The summed E-state index contributed by atoms with van der Waals surface area (Å²) in [5, 5.41) is 0. The first-order valence-electron chi connectivity index (χ1n) is 6.61. The van der Waals surface area contributed by atoms with Gasteiger partial charge in [0.1, 0.15) is 6.33 Å². The van der Waals surface area contributed by atoms with Crippen LogP contribution in [0.4, 0.5) is 5.69 Å². The molecule has 3 saturated heterocycles. The highest BCUT2D eigenvalue weighted by atomic mass is 15.3. The Kier molecular flexibility index (Phi) is 1.98. The summed E-state index contributed by atoms with van der Waals surface area (Å²) in [5.41, 5.74) is 1.67. The monoisotopic (exact) mass is 230 g/mol. The second-order valence-electron chi connectivity index (χ2n) is 5.80. The van der Waals surface area contributed by atoms with Crippen molar-refractivity contribution >= 4 is 5.69 Å². The zero-order chi connectivity index (χ0) is 11.3. The van der Waals surface area contributed by atoms with Crippen molar-refractivity contribution < 1.29 is 0 Å². The van der Waals surface area contributed by atoms with Gasteiger partial charge in [0.2, 0.25) is 0 Å². The van der Waals surface area contributed by atoms with E-state index < -0.39 is 0 Å². The minimum atomic E-state index is 0.485. The predicted molar refractivity (Wildman–Crippen MR) is 65.9 cm³/mol. The lowest BCUT2D eigenvalue weighted by molar-refractivity contribution is 0.155. The lowest BCUT2D eigenvalue weighted by Gasteiger charge is -2.36. The lowest BCUT2D eigenvalue weighted by atomic mass is 9.87. The van der Waals surface area contributed by atoms with E-state index in [9.17, 15) is 0 Å². The fourth-order valence-corrected chi connectivity index (χ4v) is 4.05. The van der Waals surface area contributed by atoms with Crippen molar-refractivity contribution in [2.24, 2.45) is 5.92 Å². The van der Waals surface area contributed by atoms with Crippen LogP contribution in [-0.2, 0) is 0 Å². The first-order chi connectivity index (χ1) is 8.36. The number of nitrogens with zero attached hydrogens (tertiary/aromatic N) is 4. The zero-order valence-corrected chi connectivity index (χ0v) is 10.0. The highest BCUT2D eigenvalue weighted by Crippen LogP contribution is 2.46. The van der Waals surface area contributed by atoms with Crippen LogP contribution in [0.2, 0.25) is 0 Å². The standard InChI is InChI=1S/C13H18N4/c1-3-17-8-11(1)5-13(17)2-4-16(9-13)12-6-14-10-15-7-12/h6-7,10-11H,1-5,8-9H2/t11-,13?/m1/s1. The third-order valence-corrected chi connectivity index (χ3v) is 4.87. The average Bonchev–Trinajstić information content (AvgIpc) is 3.06. The molecule has 0 radical (unpaired) electrons. The van der Waals surface area contributed by atoms with Gasteiger partial charge in [-0.25, -0.2) is 9.97 Å². The number of hydrogen-bond acceptors (Lipinski definition) is 4. The van der Waals surface area contributed by atoms with Gasteiger partial charge in [-0.1, -0.05) is 0 Å². The lowest BCUT2D eigenvalue weighted by Crippen LogP contribution is -2.46. The molecule has 0 aliphatic carbocycles. The normalized spacial score (nSPS) is 39.4. The Bertz CT molecular complexity index is 421. The molecule has 3 fully saturated rings. The van der Waals surface area contributed by atoms with Gasteiger partial charge >= 0.3 is 0 Å². The number of piperidine rings is 1. The molecule has 0 N–H and O–H groups in total. The molecule has 4 nitrogen and oxygen atoms in total. The summed E-state index contributed by atoms with van der Waals surface area (Å²) < 4.78 is 0. The summed E-state index contributed by atoms with van der Waals surface area (Å²) in [6, 6.07) is 0. The van der Waals surface area contributed by atoms with E-state index in [4.69, 9.17) is 0 Å². The van der Waals surface area contributed by atoms with Gasteiger partial charge in [0.15, 0.2) is 0 Å². The van der Waals surface area contributed by atoms with Crippen LogP contribution in [0.15, 0.2) is 18.7 Å². The molecule has 90 valence electrons. The van der Waals surface area contributed by atoms with Gasteiger partial charge in [0.05, 0.1) is 18.1 Å².